The van der Waals surface area contributed by atoms with E-state index < -0.39 is 63.0 Å². The Hall–Kier alpha value is -4.18. The lowest BCUT2D eigenvalue weighted by Gasteiger charge is -2.40. The minimum absolute atomic E-state index is 0.0172. The molecule has 1 aliphatic heterocycles. The molecule has 0 spiro atoms. The highest BCUT2D eigenvalue weighted by atomic mass is 28.4. The van der Waals surface area contributed by atoms with Crippen LogP contribution in [-0.4, -0.2) is 76.9 Å². The molecule has 0 unspecified atom stereocenters. The Morgan fingerprint density at radius 3 is 2.38 bits per heavy atom. The lowest BCUT2D eigenvalue weighted by Crippen LogP contribution is -2.50. The van der Waals surface area contributed by atoms with Crippen molar-refractivity contribution in [2.24, 2.45) is 7.05 Å². The predicted octanol–water partition coefficient (Wildman–Crippen LogP) is 2.34. The van der Waals surface area contributed by atoms with Gasteiger partial charge in [0, 0.05) is 11.8 Å². The second kappa shape index (κ2) is 15.1. The van der Waals surface area contributed by atoms with E-state index in [0.717, 1.165) is 4.57 Å². The van der Waals surface area contributed by atoms with Gasteiger partial charge in [0.25, 0.3) is 5.91 Å². The van der Waals surface area contributed by atoms with Crippen LogP contribution in [0.3, 0.4) is 0 Å². The number of hydrogen-bond donors (Lipinski definition) is 2. The fourth-order valence-corrected chi connectivity index (χ4v) is 6.02. The van der Waals surface area contributed by atoms with Crippen molar-refractivity contribution in [2.45, 2.75) is 82.8 Å². The minimum Gasteiger partial charge on any atom is -0.461 e. The van der Waals surface area contributed by atoms with Crippen LogP contribution in [0, 0.1) is 0 Å². The first-order valence-corrected chi connectivity index (χ1v) is 18.3. The van der Waals surface area contributed by atoms with Crippen molar-refractivity contribution < 1.29 is 42.7 Å². The minimum atomic E-state index is -2.51. The number of ether oxygens (including phenoxy) is 3. The fraction of sp³-hybridized carbons (Fsp3) is 0.500. The zero-order chi connectivity index (χ0) is 34.4. The highest BCUT2D eigenvalue weighted by molar-refractivity contribution is 6.74. The summed E-state index contributed by atoms with van der Waals surface area (Å²) < 4.78 is 28.7. The molecule has 0 saturated carbocycles. The van der Waals surface area contributed by atoms with Crippen molar-refractivity contribution in [3.63, 3.8) is 0 Å². The largest absolute Gasteiger partial charge is 0.461 e. The molecular weight excluding hydrogens is 626 g/mol. The van der Waals surface area contributed by atoms with E-state index in [1.807, 2.05) is 68.8 Å². The third-order valence-corrected chi connectivity index (χ3v) is 12.8. The van der Waals surface area contributed by atoms with Crippen LogP contribution >= 0.6 is 0 Å². The Balaban J connectivity index is 1.50. The topological polar surface area (TPSA) is 164 Å². The van der Waals surface area contributed by atoms with E-state index in [4.69, 9.17) is 18.6 Å². The number of esters is 2. The first kappa shape index (κ1) is 35.7. The number of amides is 1. The van der Waals surface area contributed by atoms with Gasteiger partial charge in [-0.1, -0.05) is 39.0 Å². The summed E-state index contributed by atoms with van der Waals surface area (Å²) in [5.41, 5.74) is -0.397. The number of nitrogens with zero attached hydrogens (tertiary/aromatic N) is 4. The quantitative estimate of drug-likeness (QED) is 0.157. The van der Waals surface area contributed by atoms with Crippen molar-refractivity contribution in [3.05, 3.63) is 77.4 Å². The first-order valence-electron chi connectivity index (χ1n) is 15.4. The number of nitrogens with one attached hydrogen (secondary N) is 1. The Morgan fingerprint density at radius 1 is 1.06 bits per heavy atom. The molecule has 1 amide bonds. The van der Waals surface area contributed by atoms with Gasteiger partial charge in [-0.05, 0) is 36.3 Å². The molecule has 0 aliphatic carbocycles. The van der Waals surface area contributed by atoms with Gasteiger partial charge in [-0.2, -0.15) is 4.98 Å². The third-order valence-electron chi connectivity index (χ3n) is 8.32. The summed E-state index contributed by atoms with van der Waals surface area (Å²) >= 11 is 0. The summed E-state index contributed by atoms with van der Waals surface area (Å²) in [4.78, 5) is 55.3. The monoisotopic (exact) mass is 670 g/mol. The molecular formula is C32H44N5O9Si+. The number of imidazole rings is 1. The molecule has 1 aromatic carbocycles. The van der Waals surface area contributed by atoms with Crippen LogP contribution in [0.25, 0.3) is 0 Å². The second-order valence-corrected chi connectivity index (χ2v) is 17.7. The van der Waals surface area contributed by atoms with Gasteiger partial charge in [-0.25, -0.2) is 13.9 Å². The average Bonchev–Trinajstić information content (AvgIpc) is 3.58. The van der Waals surface area contributed by atoms with Gasteiger partial charge in [0.2, 0.25) is 6.33 Å². The average molecular weight is 671 g/mol. The van der Waals surface area contributed by atoms with Crippen molar-refractivity contribution in [2.75, 3.05) is 18.5 Å². The molecule has 1 fully saturated rings. The number of hydrogen-bond acceptors (Lipinski definition) is 10. The molecule has 3 heterocycles. The Morgan fingerprint density at radius 2 is 1.77 bits per heavy atom. The maximum atomic E-state index is 13.3. The molecule has 3 aromatic rings. The molecule has 4 atom stereocenters. The lowest BCUT2D eigenvalue weighted by molar-refractivity contribution is -0.671. The number of aryl methyl sites for hydroxylation is 1. The van der Waals surface area contributed by atoms with Gasteiger partial charge in [-0.15, -0.1) is 0 Å². The number of aliphatic hydroxyl groups excluding tert-OH is 1. The van der Waals surface area contributed by atoms with E-state index in [2.05, 4.69) is 10.3 Å². The molecule has 14 nitrogen and oxygen atoms in total. The van der Waals surface area contributed by atoms with E-state index in [-0.39, 0.29) is 30.3 Å². The SMILES string of the molecule is C[n+]1ccn(CCOC(=O)CCC(=O)O[C@@H]2[C@H](O[Si](C)(C)C(C)(C)C)[C@@H](CO)O[C@H]2n2ccc(NC(=O)c3ccccc3)nc2=O)c1. The number of aromatic nitrogens is 4. The summed E-state index contributed by atoms with van der Waals surface area (Å²) in [5.74, 6) is -1.72. The maximum Gasteiger partial charge on any atom is 0.351 e. The maximum absolute atomic E-state index is 13.3. The van der Waals surface area contributed by atoms with Crippen LogP contribution in [0.15, 0.2) is 66.1 Å². The molecule has 0 bridgehead atoms. The van der Waals surface area contributed by atoms with Crippen molar-refractivity contribution in [1.29, 1.82) is 0 Å². The van der Waals surface area contributed by atoms with Gasteiger partial charge in [-0.3, -0.25) is 19.0 Å². The Kier molecular flexibility index (Phi) is 11.5. The summed E-state index contributed by atoms with van der Waals surface area (Å²) in [6.45, 7) is 10.3. The van der Waals surface area contributed by atoms with Gasteiger partial charge in [0.15, 0.2) is 20.6 Å². The van der Waals surface area contributed by atoms with Gasteiger partial charge in [0.1, 0.15) is 43.6 Å². The normalized spacial score (nSPS) is 19.7. The van der Waals surface area contributed by atoms with E-state index in [9.17, 15) is 24.3 Å². The van der Waals surface area contributed by atoms with Crippen LogP contribution in [0.1, 0.15) is 50.2 Å². The number of carbonyl (C=O) groups excluding carboxylic acids is 3. The Labute approximate surface area is 274 Å². The van der Waals surface area contributed by atoms with Crippen LogP contribution in [0.2, 0.25) is 18.1 Å². The van der Waals surface area contributed by atoms with Crippen LogP contribution in [0.5, 0.6) is 0 Å². The summed E-state index contributed by atoms with van der Waals surface area (Å²) in [5, 5.41) is 12.6. The standard InChI is InChI=1S/C32H43N5O9Si/c1-32(2,3)47(5,6)46-27-23(20-38)44-30(37-15-14-24(34-31(37)42)33-29(41)22-10-8-7-9-11-22)28(27)45-26(40)13-12-25(39)43-19-18-36-17-16-35(4)21-36/h7-11,14-17,21,23,27-28,30,38H,12-13,18-20H2,1-6H3/p+1/t23-,27-,28-,30-/m1/s1. The zero-order valence-corrected chi connectivity index (χ0v) is 28.6. The van der Waals surface area contributed by atoms with Crippen molar-refractivity contribution >= 4 is 32.0 Å². The van der Waals surface area contributed by atoms with Crippen LogP contribution in [0.4, 0.5) is 5.82 Å². The van der Waals surface area contributed by atoms with Crippen molar-refractivity contribution in [1.82, 2.24) is 14.1 Å². The molecule has 2 N–H and O–H groups in total. The van der Waals surface area contributed by atoms with Gasteiger partial charge < -0.3 is 29.1 Å². The number of anilines is 1. The zero-order valence-electron chi connectivity index (χ0n) is 27.6. The molecule has 0 radical (unpaired) electrons. The van der Waals surface area contributed by atoms with E-state index in [1.54, 1.807) is 30.3 Å². The number of rotatable bonds is 13. The highest BCUT2D eigenvalue weighted by Crippen LogP contribution is 2.42. The summed E-state index contributed by atoms with van der Waals surface area (Å²) in [7, 11) is -0.631. The van der Waals surface area contributed by atoms with Crippen LogP contribution < -0.4 is 15.6 Å². The molecule has 254 valence electrons. The van der Waals surface area contributed by atoms with Crippen molar-refractivity contribution in [3.8, 4) is 0 Å². The first-order chi connectivity index (χ1) is 22.2. The molecule has 47 heavy (non-hydrogen) atoms. The fourth-order valence-electron chi connectivity index (χ4n) is 4.70. The molecule has 15 heteroatoms. The molecule has 1 saturated heterocycles. The molecule has 1 aliphatic rings. The lowest BCUT2D eigenvalue weighted by atomic mass is 10.1. The number of aliphatic hydroxyl groups is 1. The Bertz CT molecular complexity index is 1600. The highest BCUT2D eigenvalue weighted by Gasteiger charge is 2.52. The number of carbonyl (C=O) groups is 3. The number of benzene rings is 1. The predicted molar refractivity (Wildman–Crippen MR) is 172 cm³/mol. The van der Waals surface area contributed by atoms with E-state index in [0.29, 0.717) is 12.1 Å². The molecule has 4 rings (SSSR count). The summed E-state index contributed by atoms with van der Waals surface area (Å²) in [6.07, 6.45) is 2.20. The van der Waals surface area contributed by atoms with Gasteiger partial charge >= 0.3 is 17.6 Å². The van der Waals surface area contributed by atoms with E-state index in [1.165, 1.54) is 12.3 Å². The van der Waals surface area contributed by atoms with Gasteiger partial charge in [0.05, 0.1) is 26.5 Å². The second-order valence-electron chi connectivity index (χ2n) is 12.9. The third kappa shape index (κ3) is 9.22. The summed E-state index contributed by atoms with van der Waals surface area (Å²) in [6, 6.07) is 9.89. The smallest absolute Gasteiger partial charge is 0.351 e. The van der Waals surface area contributed by atoms with Crippen LogP contribution in [-0.2, 0) is 41.8 Å². The molecule has 2 aromatic heterocycles. The van der Waals surface area contributed by atoms with E-state index >= 15 is 0 Å².